The molecule has 1 unspecified atom stereocenters. The second kappa shape index (κ2) is 12.3. The number of pyridine rings is 1. The van der Waals surface area contributed by atoms with Gasteiger partial charge in [0.05, 0.1) is 23.7 Å². The number of aliphatic carboxylic acids is 1. The predicted molar refractivity (Wildman–Crippen MR) is 140 cm³/mol. The van der Waals surface area contributed by atoms with Crippen LogP contribution in [0.2, 0.25) is 0 Å². The summed E-state index contributed by atoms with van der Waals surface area (Å²) in [6.45, 7) is 2.04. The van der Waals surface area contributed by atoms with E-state index in [1.807, 2.05) is 25.3 Å². The van der Waals surface area contributed by atoms with Crippen molar-refractivity contribution in [1.29, 1.82) is 0 Å². The van der Waals surface area contributed by atoms with Crippen molar-refractivity contribution in [3.63, 3.8) is 0 Å². The Morgan fingerprint density at radius 2 is 1.82 bits per heavy atom. The highest BCUT2D eigenvalue weighted by atomic mass is 19.4. The van der Waals surface area contributed by atoms with E-state index in [4.69, 9.17) is 5.11 Å². The van der Waals surface area contributed by atoms with Gasteiger partial charge in [0.25, 0.3) is 5.91 Å². The topological polar surface area (TPSA) is 109 Å². The van der Waals surface area contributed by atoms with E-state index in [0.29, 0.717) is 23.7 Å². The minimum atomic E-state index is -4.46. The molecule has 1 atom stereocenters. The van der Waals surface area contributed by atoms with Gasteiger partial charge in [0, 0.05) is 35.8 Å². The summed E-state index contributed by atoms with van der Waals surface area (Å²) in [7, 11) is 0. The minimum absolute atomic E-state index is 0.0511. The van der Waals surface area contributed by atoms with E-state index < -0.39 is 17.7 Å². The van der Waals surface area contributed by atoms with Crippen LogP contribution in [0.4, 0.5) is 18.9 Å². The number of carboxylic acid groups (broad SMARTS) is 1. The first-order valence-electron chi connectivity index (χ1n) is 13.1. The number of alkyl halides is 3. The lowest BCUT2D eigenvalue weighted by atomic mass is 9.81. The first-order chi connectivity index (χ1) is 18.7. The normalized spacial score (nSPS) is 15.1. The molecule has 1 saturated carbocycles. The molecular weight excluding hydrogens is 511 g/mol. The molecule has 1 amide bonds. The van der Waals surface area contributed by atoms with E-state index in [-0.39, 0.29) is 24.9 Å². The fourth-order valence-electron chi connectivity index (χ4n) is 4.96. The lowest BCUT2D eigenvalue weighted by Crippen LogP contribution is -2.26. The number of aromatic nitrogens is 3. The predicted octanol–water partition coefficient (Wildman–Crippen LogP) is 5.79. The van der Waals surface area contributed by atoms with Crippen LogP contribution in [-0.4, -0.2) is 38.3 Å². The standard InChI is InChI=1S/C28H32F3N5O3/c1-2-23-22(17-36(35-23)24-13-10-20(16-33-24)28(29,30)31)26(18-6-4-3-5-7-18)34-21-11-8-19(9-12-21)27(39)32-15-14-25(37)38/h8-13,16-18,26,34H,2-7,14-15H2,1H3,(H,32,39)(H,37,38). The molecule has 2 heterocycles. The molecule has 0 spiro atoms. The summed E-state index contributed by atoms with van der Waals surface area (Å²) >= 11 is 0. The minimum Gasteiger partial charge on any atom is -0.481 e. The highest BCUT2D eigenvalue weighted by Gasteiger charge is 2.31. The number of hydrogen-bond acceptors (Lipinski definition) is 5. The quantitative estimate of drug-likeness (QED) is 0.299. The fraction of sp³-hybridized carbons (Fsp3) is 0.429. The lowest BCUT2D eigenvalue weighted by Gasteiger charge is -2.32. The van der Waals surface area contributed by atoms with Crippen LogP contribution in [0.5, 0.6) is 0 Å². The van der Waals surface area contributed by atoms with Crippen LogP contribution < -0.4 is 10.6 Å². The third-order valence-corrected chi connectivity index (χ3v) is 7.02. The van der Waals surface area contributed by atoms with Crippen molar-refractivity contribution in [3.05, 3.63) is 71.2 Å². The highest BCUT2D eigenvalue weighted by Crippen LogP contribution is 2.38. The zero-order valence-electron chi connectivity index (χ0n) is 21.7. The molecule has 4 rings (SSSR count). The summed E-state index contributed by atoms with van der Waals surface area (Å²) in [4.78, 5) is 27.0. The Kier molecular flexibility index (Phi) is 8.88. The van der Waals surface area contributed by atoms with Gasteiger partial charge >= 0.3 is 12.1 Å². The van der Waals surface area contributed by atoms with Gasteiger partial charge in [0.2, 0.25) is 0 Å². The average molecular weight is 544 g/mol. The summed E-state index contributed by atoms with van der Waals surface area (Å²) in [5.41, 5.74) is 2.25. The number of nitrogens with one attached hydrogen (secondary N) is 2. The molecule has 0 saturated heterocycles. The van der Waals surface area contributed by atoms with Crippen molar-refractivity contribution >= 4 is 17.6 Å². The van der Waals surface area contributed by atoms with Crippen molar-refractivity contribution in [2.45, 2.75) is 64.1 Å². The molecule has 0 aliphatic heterocycles. The highest BCUT2D eigenvalue weighted by molar-refractivity contribution is 5.94. The van der Waals surface area contributed by atoms with Crippen LogP contribution in [0.15, 0.2) is 48.8 Å². The maximum atomic E-state index is 13.0. The summed E-state index contributed by atoms with van der Waals surface area (Å²) in [5.74, 6) is -0.677. The second-order valence-electron chi connectivity index (χ2n) is 9.73. The Morgan fingerprint density at radius 1 is 1.10 bits per heavy atom. The number of rotatable bonds is 10. The van der Waals surface area contributed by atoms with Gasteiger partial charge in [-0.2, -0.15) is 18.3 Å². The van der Waals surface area contributed by atoms with E-state index in [1.165, 1.54) is 17.2 Å². The number of aryl methyl sites for hydroxylation is 1. The number of halogens is 3. The third kappa shape index (κ3) is 7.15. The van der Waals surface area contributed by atoms with Crippen molar-refractivity contribution in [1.82, 2.24) is 20.1 Å². The van der Waals surface area contributed by atoms with E-state index in [2.05, 4.69) is 20.7 Å². The smallest absolute Gasteiger partial charge is 0.417 e. The number of carbonyl (C=O) groups is 2. The van der Waals surface area contributed by atoms with Gasteiger partial charge in [-0.05, 0) is 61.6 Å². The van der Waals surface area contributed by atoms with Crippen LogP contribution in [-0.2, 0) is 17.4 Å². The molecule has 3 aromatic rings. The maximum Gasteiger partial charge on any atom is 0.417 e. The summed E-state index contributed by atoms with van der Waals surface area (Å²) < 4.78 is 40.5. The number of carboxylic acids is 1. The van der Waals surface area contributed by atoms with Crippen molar-refractivity contribution in [3.8, 4) is 5.82 Å². The van der Waals surface area contributed by atoms with E-state index in [1.54, 1.807) is 12.1 Å². The zero-order chi connectivity index (χ0) is 28.0. The molecule has 1 aliphatic carbocycles. The molecule has 1 aliphatic rings. The largest absolute Gasteiger partial charge is 0.481 e. The van der Waals surface area contributed by atoms with Crippen LogP contribution in [0.1, 0.15) is 78.7 Å². The summed E-state index contributed by atoms with van der Waals surface area (Å²) in [6, 6.07) is 9.25. The van der Waals surface area contributed by atoms with Crippen molar-refractivity contribution in [2.75, 3.05) is 11.9 Å². The van der Waals surface area contributed by atoms with Gasteiger partial charge in [-0.1, -0.05) is 26.2 Å². The molecule has 1 aromatic carbocycles. The van der Waals surface area contributed by atoms with Gasteiger partial charge in [-0.25, -0.2) is 9.67 Å². The van der Waals surface area contributed by atoms with Crippen LogP contribution in [0.25, 0.3) is 5.82 Å². The van der Waals surface area contributed by atoms with Gasteiger partial charge in [-0.3, -0.25) is 9.59 Å². The number of nitrogens with zero attached hydrogens (tertiary/aromatic N) is 3. The molecule has 208 valence electrons. The number of benzene rings is 1. The zero-order valence-corrected chi connectivity index (χ0v) is 21.7. The number of carbonyl (C=O) groups excluding carboxylic acids is 1. The molecule has 2 aromatic heterocycles. The van der Waals surface area contributed by atoms with E-state index in [0.717, 1.165) is 54.9 Å². The molecule has 39 heavy (non-hydrogen) atoms. The van der Waals surface area contributed by atoms with Crippen molar-refractivity contribution in [2.24, 2.45) is 5.92 Å². The first-order valence-corrected chi connectivity index (χ1v) is 13.1. The molecule has 0 radical (unpaired) electrons. The Bertz CT molecular complexity index is 1270. The van der Waals surface area contributed by atoms with Crippen LogP contribution in [0, 0.1) is 5.92 Å². The number of amides is 1. The molecule has 0 bridgehead atoms. The van der Waals surface area contributed by atoms with Gasteiger partial charge in [-0.15, -0.1) is 0 Å². The molecule has 3 N–H and O–H groups in total. The molecule has 1 fully saturated rings. The fourth-order valence-corrected chi connectivity index (χ4v) is 4.96. The Hall–Kier alpha value is -3.89. The third-order valence-electron chi connectivity index (χ3n) is 7.02. The first kappa shape index (κ1) is 28.1. The molecule has 8 nitrogen and oxygen atoms in total. The van der Waals surface area contributed by atoms with Crippen molar-refractivity contribution < 1.29 is 27.9 Å². The Balaban J connectivity index is 1.58. The van der Waals surface area contributed by atoms with Crippen LogP contribution >= 0.6 is 0 Å². The summed E-state index contributed by atoms with van der Waals surface area (Å²) in [5, 5.41) is 19.6. The number of anilines is 1. The van der Waals surface area contributed by atoms with Gasteiger partial charge in [0.1, 0.15) is 0 Å². The lowest BCUT2D eigenvalue weighted by molar-refractivity contribution is -0.138. The SMILES string of the molecule is CCc1nn(-c2ccc(C(F)(F)F)cn2)cc1C(Nc1ccc(C(=O)NCCC(=O)O)cc1)C1CCCCC1. The van der Waals surface area contributed by atoms with Gasteiger partial charge < -0.3 is 15.7 Å². The molecular formula is C28H32F3N5O3. The summed E-state index contributed by atoms with van der Waals surface area (Å²) in [6.07, 6.45) is 4.20. The van der Waals surface area contributed by atoms with Gasteiger partial charge in [0.15, 0.2) is 5.82 Å². The number of hydrogen-bond donors (Lipinski definition) is 3. The van der Waals surface area contributed by atoms with E-state index in [9.17, 15) is 22.8 Å². The van der Waals surface area contributed by atoms with E-state index >= 15 is 0 Å². The Labute approximate surface area is 224 Å². The maximum absolute atomic E-state index is 13.0. The second-order valence-corrected chi connectivity index (χ2v) is 9.73. The average Bonchev–Trinajstić information content (AvgIpc) is 3.36. The van der Waals surface area contributed by atoms with Crippen LogP contribution in [0.3, 0.4) is 0 Å². The monoisotopic (exact) mass is 543 g/mol. The Morgan fingerprint density at radius 3 is 2.41 bits per heavy atom. The molecule has 11 heteroatoms.